The van der Waals surface area contributed by atoms with Crippen LogP contribution in [0.25, 0.3) is 11.2 Å². The van der Waals surface area contributed by atoms with E-state index in [1.807, 2.05) is 6.26 Å². The van der Waals surface area contributed by atoms with Gasteiger partial charge in [0.1, 0.15) is 5.52 Å². The van der Waals surface area contributed by atoms with Crippen LogP contribution in [-0.2, 0) is 0 Å². The van der Waals surface area contributed by atoms with E-state index in [0.29, 0.717) is 28.6 Å². The average Bonchev–Trinajstić information content (AvgIpc) is 2.91. The molecule has 0 aliphatic heterocycles. The predicted molar refractivity (Wildman–Crippen MR) is 82.4 cm³/mol. The van der Waals surface area contributed by atoms with Crippen LogP contribution in [0.15, 0.2) is 11.5 Å². The fourth-order valence-corrected chi connectivity index (χ4v) is 3.34. The molecule has 1 aliphatic rings. The zero-order chi connectivity index (χ0) is 15.9. The van der Waals surface area contributed by atoms with E-state index in [-0.39, 0.29) is 25.0 Å². The van der Waals surface area contributed by atoms with Gasteiger partial charge in [0, 0.05) is 18.9 Å². The van der Waals surface area contributed by atoms with Crippen molar-refractivity contribution in [1.82, 2.24) is 19.5 Å². The monoisotopic (exact) mass is 325 g/mol. The van der Waals surface area contributed by atoms with Gasteiger partial charge in [-0.05, 0) is 12.7 Å². The van der Waals surface area contributed by atoms with Crippen molar-refractivity contribution in [3.8, 4) is 0 Å². The lowest BCUT2D eigenvalue weighted by Gasteiger charge is -2.36. The third-order valence-electron chi connectivity index (χ3n) is 4.22. The second kappa shape index (κ2) is 5.99. The highest BCUT2D eigenvalue weighted by Gasteiger charge is 2.36. The van der Waals surface area contributed by atoms with Crippen LogP contribution in [0, 0.1) is 5.92 Å². The highest BCUT2D eigenvalue weighted by molar-refractivity contribution is 7.98. The molecular formula is C13H19N5O3S. The number of aliphatic hydroxyl groups is 3. The summed E-state index contributed by atoms with van der Waals surface area (Å²) < 4.78 is 1.77. The van der Waals surface area contributed by atoms with Crippen LogP contribution in [0.3, 0.4) is 0 Å². The number of thioether (sulfide) groups is 1. The minimum absolute atomic E-state index is 0.121. The number of hydrogen-bond donors (Lipinski definition) is 4. The Bertz CT molecular complexity index is 679. The number of aliphatic hydroxyl groups excluding tert-OH is 3. The van der Waals surface area contributed by atoms with Gasteiger partial charge in [-0.1, -0.05) is 11.8 Å². The first-order chi connectivity index (χ1) is 10.5. The van der Waals surface area contributed by atoms with Crippen LogP contribution in [0.1, 0.15) is 18.9 Å². The summed E-state index contributed by atoms with van der Waals surface area (Å²) >= 11 is 1.38. The van der Waals surface area contributed by atoms with Gasteiger partial charge in [-0.3, -0.25) is 0 Å². The molecule has 0 amide bonds. The number of imidazole rings is 1. The third kappa shape index (κ3) is 2.54. The number of nitrogens with zero attached hydrogens (tertiary/aromatic N) is 4. The molecule has 120 valence electrons. The van der Waals surface area contributed by atoms with Crippen LogP contribution < -0.4 is 5.73 Å². The normalized spacial score (nSPS) is 29.1. The Kier molecular flexibility index (Phi) is 4.22. The van der Waals surface area contributed by atoms with Crippen LogP contribution in [0.2, 0.25) is 0 Å². The lowest BCUT2D eigenvalue weighted by atomic mass is 9.82. The quantitative estimate of drug-likeness (QED) is 0.451. The predicted octanol–water partition coefficient (Wildman–Crippen LogP) is -0.204. The Hall–Kier alpha value is -1.42. The molecule has 0 saturated heterocycles. The maximum Gasteiger partial charge on any atom is 0.191 e. The van der Waals surface area contributed by atoms with Gasteiger partial charge in [0.05, 0.1) is 24.6 Å². The lowest BCUT2D eigenvalue weighted by Crippen LogP contribution is -2.41. The van der Waals surface area contributed by atoms with Gasteiger partial charge >= 0.3 is 0 Å². The fourth-order valence-electron chi connectivity index (χ4n) is 2.97. The summed E-state index contributed by atoms with van der Waals surface area (Å²) in [5, 5.41) is 30.1. The molecule has 22 heavy (non-hydrogen) atoms. The molecule has 2 aromatic rings. The van der Waals surface area contributed by atoms with Crippen molar-refractivity contribution in [2.75, 3.05) is 18.6 Å². The smallest absolute Gasteiger partial charge is 0.191 e. The largest absolute Gasteiger partial charge is 0.396 e. The Morgan fingerprint density at radius 3 is 2.77 bits per heavy atom. The molecule has 2 unspecified atom stereocenters. The summed E-state index contributed by atoms with van der Waals surface area (Å²) in [5.41, 5.74) is 6.96. The molecule has 1 aliphatic carbocycles. The average molecular weight is 325 g/mol. The molecule has 0 spiro atoms. The molecule has 2 heterocycles. The van der Waals surface area contributed by atoms with Crippen molar-refractivity contribution in [3.05, 3.63) is 6.33 Å². The summed E-state index contributed by atoms with van der Waals surface area (Å²) in [6.07, 6.45) is 2.67. The first-order valence-electron chi connectivity index (χ1n) is 7.06. The van der Waals surface area contributed by atoms with Gasteiger partial charge in [0.25, 0.3) is 0 Å². The molecule has 4 atom stereocenters. The van der Waals surface area contributed by atoms with Gasteiger partial charge in [-0.15, -0.1) is 0 Å². The third-order valence-corrected chi connectivity index (χ3v) is 4.77. The number of anilines is 1. The first-order valence-corrected chi connectivity index (χ1v) is 8.28. The Balaban J connectivity index is 2.04. The number of hydrogen-bond acceptors (Lipinski definition) is 8. The van der Waals surface area contributed by atoms with E-state index >= 15 is 0 Å². The maximum absolute atomic E-state index is 10.3. The first kappa shape index (κ1) is 15.5. The molecular weight excluding hydrogens is 306 g/mol. The highest BCUT2D eigenvalue weighted by atomic mass is 32.2. The molecule has 1 saturated carbocycles. The van der Waals surface area contributed by atoms with E-state index < -0.39 is 12.2 Å². The summed E-state index contributed by atoms with van der Waals surface area (Å²) in [5.74, 6) is 0.0298. The number of fused-ring (bicyclic) bond motifs is 1. The topological polar surface area (TPSA) is 130 Å². The Labute approximate surface area is 131 Å². The minimum atomic E-state index is -0.732. The molecule has 2 aromatic heterocycles. The minimum Gasteiger partial charge on any atom is -0.396 e. The second-order valence-corrected chi connectivity index (χ2v) is 6.31. The maximum atomic E-state index is 10.3. The molecule has 9 heteroatoms. The molecule has 3 rings (SSSR count). The standard InChI is InChI=1S/C13H19N5O3S/c1-22-13-16-11(14)10-12(17-13)18(5-15-10)7-2-6(4-19)8(20)3-9(7)21/h5-9,19-21H,2-4H2,1H3,(H2,14,16,17)/t6?,7?,8-,9+/m1/s1. The van der Waals surface area contributed by atoms with E-state index in [1.54, 1.807) is 10.9 Å². The van der Waals surface area contributed by atoms with Crippen molar-refractivity contribution in [1.29, 1.82) is 0 Å². The summed E-state index contributed by atoms with van der Waals surface area (Å²) in [7, 11) is 0. The molecule has 0 aromatic carbocycles. The zero-order valence-corrected chi connectivity index (χ0v) is 12.9. The molecule has 0 radical (unpaired) electrons. The van der Waals surface area contributed by atoms with Crippen molar-refractivity contribution < 1.29 is 15.3 Å². The van der Waals surface area contributed by atoms with Crippen molar-refractivity contribution in [3.63, 3.8) is 0 Å². The Morgan fingerprint density at radius 1 is 1.32 bits per heavy atom. The van der Waals surface area contributed by atoms with Gasteiger partial charge in [0.2, 0.25) is 0 Å². The molecule has 5 N–H and O–H groups in total. The van der Waals surface area contributed by atoms with Crippen LogP contribution >= 0.6 is 11.8 Å². The van der Waals surface area contributed by atoms with E-state index in [9.17, 15) is 15.3 Å². The summed E-state index contributed by atoms with van der Waals surface area (Å²) in [6.45, 7) is -0.121. The van der Waals surface area contributed by atoms with E-state index in [0.717, 1.165) is 0 Å². The number of nitrogens with two attached hydrogens (primary N) is 1. The second-order valence-electron chi connectivity index (χ2n) is 5.54. The Morgan fingerprint density at radius 2 is 2.09 bits per heavy atom. The van der Waals surface area contributed by atoms with Gasteiger partial charge < -0.3 is 25.6 Å². The van der Waals surface area contributed by atoms with E-state index in [4.69, 9.17) is 5.73 Å². The van der Waals surface area contributed by atoms with Crippen molar-refractivity contribution in [2.24, 2.45) is 5.92 Å². The zero-order valence-electron chi connectivity index (χ0n) is 12.1. The van der Waals surface area contributed by atoms with Crippen LogP contribution in [0.5, 0.6) is 0 Å². The molecule has 8 nitrogen and oxygen atoms in total. The van der Waals surface area contributed by atoms with Gasteiger partial charge in [-0.2, -0.15) is 0 Å². The number of aromatic nitrogens is 4. The van der Waals surface area contributed by atoms with Crippen molar-refractivity contribution >= 4 is 28.7 Å². The van der Waals surface area contributed by atoms with Crippen LogP contribution in [-0.4, -0.2) is 59.9 Å². The van der Waals surface area contributed by atoms with Gasteiger partial charge in [0.15, 0.2) is 16.6 Å². The summed E-state index contributed by atoms with van der Waals surface area (Å²) in [6, 6.07) is -0.311. The fraction of sp³-hybridized carbons (Fsp3) is 0.615. The SMILES string of the molecule is CSc1nc(N)c2ncn(C3CC(CO)[C@H](O)C[C@@H]3O)c2n1. The molecule has 0 bridgehead atoms. The number of nitrogen functional groups attached to an aromatic ring is 1. The summed E-state index contributed by atoms with van der Waals surface area (Å²) in [4.78, 5) is 12.8. The van der Waals surface area contributed by atoms with Crippen molar-refractivity contribution in [2.45, 2.75) is 36.2 Å². The van der Waals surface area contributed by atoms with E-state index in [1.165, 1.54) is 11.8 Å². The highest BCUT2D eigenvalue weighted by Crippen LogP contribution is 2.35. The van der Waals surface area contributed by atoms with E-state index in [2.05, 4.69) is 15.0 Å². The molecule has 1 fully saturated rings. The number of rotatable bonds is 3. The lowest BCUT2D eigenvalue weighted by molar-refractivity contribution is -0.0442. The van der Waals surface area contributed by atoms with Crippen LogP contribution in [0.4, 0.5) is 5.82 Å². The van der Waals surface area contributed by atoms with Gasteiger partial charge in [-0.25, -0.2) is 15.0 Å².